The van der Waals surface area contributed by atoms with E-state index in [0.717, 1.165) is 0 Å². The number of hydrogen-bond donors (Lipinski definition) is 0. The van der Waals surface area contributed by atoms with Gasteiger partial charge in [-0.05, 0) is 0 Å². The van der Waals surface area contributed by atoms with Gasteiger partial charge < -0.3 is 0 Å². The maximum Gasteiger partial charge on any atom is 0 e. The molecule has 5 heavy (non-hydrogen) atoms. The van der Waals surface area contributed by atoms with Crippen molar-refractivity contribution >= 4 is 59.4 Å². The van der Waals surface area contributed by atoms with E-state index in [0.29, 0.717) is 0 Å². The van der Waals surface area contributed by atoms with E-state index in [1.165, 1.54) is 0 Å². The molecule has 0 atom stereocenters. The maximum absolute atomic E-state index is 0. The molecule has 0 saturated carbocycles. The second-order valence-corrected chi connectivity index (χ2v) is 0. The van der Waals surface area contributed by atoms with Crippen LogP contribution in [0.2, 0.25) is 0 Å². The van der Waals surface area contributed by atoms with Gasteiger partial charge in [0.1, 0.15) is 0 Å². The molecule has 24 valence electrons. The molecule has 0 aliphatic rings. The fourth-order valence-corrected chi connectivity index (χ4v) is 0. The molecule has 5 heteroatoms. The van der Waals surface area contributed by atoms with Crippen LogP contribution in [0.25, 0.3) is 0 Å². The summed E-state index contributed by atoms with van der Waals surface area (Å²) in [5.41, 5.74) is 0. The fraction of sp³-hybridized carbons (Fsp3) is 0. The van der Waals surface area contributed by atoms with Crippen molar-refractivity contribution in [2.45, 2.75) is 0 Å². The molecule has 0 spiro atoms. The van der Waals surface area contributed by atoms with Crippen LogP contribution in [0.15, 0.2) is 0 Å². The minimum absolute atomic E-state index is 0. The second kappa shape index (κ2) is 24.3. The minimum Gasteiger partial charge on any atom is 0 e. The van der Waals surface area contributed by atoms with Gasteiger partial charge in [-0.15, -0.1) is 0 Å². The molecule has 0 aliphatic carbocycles. The Morgan fingerprint density at radius 3 is 0.400 bits per heavy atom. The minimum atomic E-state index is 0. The molecule has 0 rings (SSSR count). The molecule has 2 radical (unpaired) electrons. The molecule has 0 nitrogen and oxygen atoms in total. The van der Waals surface area contributed by atoms with E-state index in [1.807, 2.05) is 0 Å². The Hall–Kier alpha value is 4.12. The largest absolute Gasteiger partial charge is 0 e. The van der Waals surface area contributed by atoms with E-state index in [2.05, 4.69) is 0 Å². The molecule has 0 unspecified atom stereocenters. The molecule has 0 N–H and O–H groups in total. The van der Waals surface area contributed by atoms with Crippen LogP contribution in [0.5, 0.6) is 0 Å². The van der Waals surface area contributed by atoms with Crippen LogP contribution in [0.3, 0.4) is 0 Å². The van der Waals surface area contributed by atoms with Gasteiger partial charge in [-0.2, -0.15) is 0 Å². The topological polar surface area (TPSA) is 0 Å². The van der Waals surface area contributed by atoms with Gasteiger partial charge in [-0.3, -0.25) is 0 Å². The normalized spacial score (nSPS) is 0. The van der Waals surface area contributed by atoms with Crippen LogP contribution in [-0.4, -0.2) is 59.4 Å². The van der Waals surface area contributed by atoms with Crippen LogP contribution in [0.1, 0.15) is 0 Å². The quantitative estimate of drug-likeness (QED) is 0.372. The Labute approximate surface area is 122 Å². The Morgan fingerprint density at radius 2 is 0.400 bits per heavy atom. The summed E-state index contributed by atoms with van der Waals surface area (Å²) >= 11 is 0. The number of rotatable bonds is 0. The molecule has 0 heterocycles. The van der Waals surface area contributed by atoms with Crippen molar-refractivity contribution < 1.29 is 65.4 Å². The summed E-state index contributed by atoms with van der Waals surface area (Å²) in [6.45, 7) is 0. The second-order valence-electron chi connectivity index (χ2n) is 0. The first-order valence-electron chi connectivity index (χ1n) is 0. The van der Waals surface area contributed by atoms with Gasteiger partial charge >= 0.3 is 59.4 Å². The summed E-state index contributed by atoms with van der Waals surface area (Å²) < 4.78 is 0. The van der Waals surface area contributed by atoms with Crippen molar-refractivity contribution in [3.8, 4) is 0 Å². The van der Waals surface area contributed by atoms with Crippen molar-refractivity contribution in [1.82, 2.24) is 0 Å². The molecular weight excluding hydrogens is 387 g/mol. The van der Waals surface area contributed by atoms with Crippen molar-refractivity contribution in [2.75, 3.05) is 0 Å². The van der Waals surface area contributed by atoms with E-state index in [1.54, 1.807) is 0 Å². The van der Waals surface area contributed by atoms with Gasteiger partial charge in [0.2, 0.25) is 0 Å². The Kier molecular flexibility index (Phi) is 172. The fourth-order valence-electron chi connectivity index (χ4n) is 0. The molecular formula is H9Ga3Y2. The molecule has 0 bridgehead atoms. The third-order valence-corrected chi connectivity index (χ3v) is 0. The van der Waals surface area contributed by atoms with E-state index in [4.69, 9.17) is 0 Å². The SMILES string of the molecule is [GaH3].[GaH3].[GaH3].[Y].[Y]. The first-order chi connectivity index (χ1) is 0. The van der Waals surface area contributed by atoms with Crippen LogP contribution in [0.4, 0.5) is 0 Å². The molecule has 0 saturated heterocycles. The van der Waals surface area contributed by atoms with Crippen molar-refractivity contribution in [3.05, 3.63) is 0 Å². The standard InChI is InChI=1S/3Ga.2Y.9H. The Morgan fingerprint density at radius 1 is 0.400 bits per heavy atom. The summed E-state index contributed by atoms with van der Waals surface area (Å²) in [4.78, 5) is 0. The molecule has 0 aliphatic heterocycles. The van der Waals surface area contributed by atoms with E-state index in [-0.39, 0.29) is 125 Å². The first kappa shape index (κ1) is 35.4. The van der Waals surface area contributed by atoms with Crippen molar-refractivity contribution in [2.24, 2.45) is 0 Å². The third kappa shape index (κ3) is 17.9. The number of hydrogen-bond acceptors (Lipinski definition) is 0. The predicted octanol–water partition coefficient (Wildman–Crippen LogP) is -3.56. The van der Waals surface area contributed by atoms with Gasteiger partial charge in [0, 0.05) is 65.4 Å². The van der Waals surface area contributed by atoms with Crippen LogP contribution < -0.4 is 0 Å². The summed E-state index contributed by atoms with van der Waals surface area (Å²) in [6, 6.07) is 0. The molecule has 0 amide bonds. The zero-order valence-corrected chi connectivity index (χ0v) is 6.83. The van der Waals surface area contributed by atoms with Gasteiger partial charge in [-0.1, -0.05) is 0 Å². The van der Waals surface area contributed by atoms with Gasteiger partial charge in [0.25, 0.3) is 0 Å². The monoisotopic (exact) mass is 394 g/mol. The average Bonchev–Trinajstić information content (AvgIpc) is 0. The van der Waals surface area contributed by atoms with Crippen molar-refractivity contribution in [1.29, 1.82) is 0 Å². The maximum atomic E-state index is 0. The molecule has 0 fully saturated rings. The van der Waals surface area contributed by atoms with Gasteiger partial charge in [-0.25, -0.2) is 0 Å². The van der Waals surface area contributed by atoms with Crippen LogP contribution in [-0.2, 0) is 65.4 Å². The van der Waals surface area contributed by atoms with Gasteiger partial charge in [0.05, 0.1) is 0 Å². The Balaban J connectivity index is 0. The third-order valence-electron chi connectivity index (χ3n) is 0. The van der Waals surface area contributed by atoms with E-state index >= 15 is 0 Å². The first-order valence-corrected chi connectivity index (χ1v) is 0. The summed E-state index contributed by atoms with van der Waals surface area (Å²) in [5.74, 6) is 0. The summed E-state index contributed by atoms with van der Waals surface area (Å²) in [6.07, 6.45) is 0. The Bertz CT molecular complexity index is 4.85. The predicted molar refractivity (Wildman–Crippen MR) is 29.8 cm³/mol. The smallest absolute Gasteiger partial charge is 0 e. The zero-order valence-electron chi connectivity index (χ0n) is 1.15. The summed E-state index contributed by atoms with van der Waals surface area (Å²) in [5, 5.41) is 0. The molecule has 0 aromatic carbocycles. The summed E-state index contributed by atoms with van der Waals surface area (Å²) in [7, 11) is 0. The van der Waals surface area contributed by atoms with E-state index < -0.39 is 0 Å². The molecule has 0 aromatic rings. The van der Waals surface area contributed by atoms with Crippen molar-refractivity contribution in [3.63, 3.8) is 0 Å². The molecule has 0 aromatic heterocycles. The van der Waals surface area contributed by atoms with Crippen LogP contribution >= 0.6 is 0 Å². The zero-order chi connectivity index (χ0) is 0. The van der Waals surface area contributed by atoms with Gasteiger partial charge in [0.15, 0.2) is 0 Å². The van der Waals surface area contributed by atoms with Crippen LogP contribution in [0, 0.1) is 0 Å². The van der Waals surface area contributed by atoms with E-state index in [9.17, 15) is 0 Å². The average molecular weight is 396 g/mol.